The smallest absolute Gasteiger partial charge is 0.114 e. The highest BCUT2D eigenvalue weighted by Crippen LogP contribution is 2.32. The first kappa shape index (κ1) is 13.9. The zero-order chi connectivity index (χ0) is 14.8. The maximum absolute atomic E-state index is 5.93. The molecular formula is C17H22N4O. The fourth-order valence-corrected chi connectivity index (χ4v) is 2.99. The molecular weight excluding hydrogens is 276 g/mol. The molecule has 2 aromatic rings. The van der Waals surface area contributed by atoms with E-state index in [2.05, 4.69) is 21.2 Å². The first-order chi connectivity index (χ1) is 10.9. The third kappa shape index (κ3) is 3.20. The van der Waals surface area contributed by atoms with Crippen LogP contribution in [0.2, 0.25) is 0 Å². The Morgan fingerprint density at radius 2 is 2.14 bits per heavy atom. The fraction of sp³-hybridized carbons (Fsp3) is 0.529. The van der Waals surface area contributed by atoms with Crippen LogP contribution in [0.1, 0.15) is 35.8 Å². The number of fused-ring (bicyclic) bond motifs is 1. The Morgan fingerprint density at radius 3 is 2.95 bits per heavy atom. The second-order valence-corrected chi connectivity index (χ2v) is 6.30. The molecule has 1 saturated carbocycles. The average Bonchev–Trinajstić information content (AvgIpc) is 3.25. The SMILES string of the molecule is c1cc(CNCC2OCCc3cn(CC4CC4)nc32)ccn1. The lowest BCUT2D eigenvalue weighted by molar-refractivity contribution is 0.0393. The van der Waals surface area contributed by atoms with Gasteiger partial charge in [0.2, 0.25) is 0 Å². The number of hydrogen-bond acceptors (Lipinski definition) is 4. The molecule has 5 nitrogen and oxygen atoms in total. The van der Waals surface area contributed by atoms with Gasteiger partial charge in [-0.25, -0.2) is 0 Å². The molecule has 4 rings (SSSR count). The first-order valence-electron chi connectivity index (χ1n) is 8.16. The Labute approximate surface area is 130 Å². The Kier molecular flexibility index (Phi) is 3.91. The third-order valence-electron chi connectivity index (χ3n) is 4.42. The summed E-state index contributed by atoms with van der Waals surface area (Å²) < 4.78 is 8.06. The first-order valence-corrected chi connectivity index (χ1v) is 8.16. The van der Waals surface area contributed by atoms with Crippen LogP contribution in [0.15, 0.2) is 30.7 Å². The van der Waals surface area contributed by atoms with Crippen molar-refractivity contribution in [1.82, 2.24) is 20.1 Å². The molecule has 0 radical (unpaired) electrons. The van der Waals surface area contributed by atoms with E-state index in [0.29, 0.717) is 0 Å². The Balaban J connectivity index is 1.37. The fourth-order valence-electron chi connectivity index (χ4n) is 2.99. The highest BCUT2D eigenvalue weighted by atomic mass is 16.5. The van der Waals surface area contributed by atoms with E-state index in [4.69, 9.17) is 9.84 Å². The van der Waals surface area contributed by atoms with Gasteiger partial charge in [-0.3, -0.25) is 9.67 Å². The highest BCUT2D eigenvalue weighted by Gasteiger charge is 2.27. The molecule has 22 heavy (non-hydrogen) atoms. The van der Waals surface area contributed by atoms with Gasteiger partial charge >= 0.3 is 0 Å². The minimum atomic E-state index is 0.0750. The van der Waals surface area contributed by atoms with Crippen LogP contribution in [0.25, 0.3) is 0 Å². The van der Waals surface area contributed by atoms with Crippen molar-refractivity contribution < 1.29 is 4.74 Å². The predicted molar refractivity (Wildman–Crippen MR) is 83.3 cm³/mol. The summed E-state index contributed by atoms with van der Waals surface area (Å²) in [4.78, 5) is 4.04. The molecule has 1 N–H and O–H groups in total. The van der Waals surface area contributed by atoms with Gasteiger partial charge in [0.05, 0.1) is 12.3 Å². The molecule has 1 fully saturated rings. The summed E-state index contributed by atoms with van der Waals surface area (Å²) in [5.41, 5.74) is 3.74. The van der Waals surface area contributed by atoms with Gasteiger partial charge in [-0.05, 0) is 48.4 Å². The van der Waals surface area contributed by atoms with E-state index < -0.39 is 0 Å². The summed E-state index contributed by atoms with van der Waals surface area (Å²) in [5, 5.41) is 8.25. The van der Waals surface area contributed by atoms with Gasteiger partial charge < -0.3 is 10.1 Å². The number of nitrogens with zero attached hydrogens (tertiary/aromatic N) is 3. The quantitative estimate of drug-likeness (QED) is 0.887. The molecule has 0 amide bonds. The lowest BCUT2D eigenvalue weighted by Crippen LogP contribution is -2.27. The van der Waals surface area contributed by atoms with E-state index in [1.807, 2.05) is 24.5 Å². The Hall–Kier alpha value is -1.72. The van der Waals surface area contributed by atoms with Gasteiger partial charge in [0, 0.05) is 38.2 Å². The molecule has 5 heteroatoms. The lowest BCUT2D eigenvalue weighted by atomic mass is 10.1. The minimum absolute atomic E-state index is 0.0750. The molecule has 2 aromatic heterocycles. The van der Waals surface area contributed by atoms with E-state index >= 15 is 0 Å². The number of aromatic nitrogens is 3. The molecule has 0 aromatic carbocycles. The summed E-state index contributed by atoms with van der Waals surface area (Å²) in [6.07, 6.45) is 9.66. The molecule has 2 aliphatic rings. The second kappa shape index (κ2) is 6.18. The molecule has 0 saturated heterocycles. The van der Waals surface area contributed by atoms with Crippen LogP contribution < -0.4 is 5.32 Å². The molecule has 0 spiro atoms. The monoisotopic (exact) mass is 298 g/mol. The largest absolute Gasteiger partial charge is 0.370 e. The van der Waals surface area contributed by atoms with E-state index in [0.717, 1.165) is 44.3 Å². The summed E-state index contributed by atoms with van der Waals surface area (Å²) in [5.74, 6) is 0.852. The van der Waals surface area contributed by atoms with Crippen molar-refractivity contribution in [3.05, 3.63) is 47.5 Å². The van der Waals surface area contributed by atoms with Crippen molar-refractivity contribution in [2.75, 3.05) is 13.2 Å². The van der Waals surface area contributed by atoms with Crippen LogP contribution in [0, 0.1) is 5.92 Å². The molecule has 1 unspecified atom stereocenters. The van der Waals surface area contributed by atoms with Gasteiger partial charge in [-0.1, -0.05) is 0 Å². The molecule has 0 bridgehead atoms. The summed E-state index contributed by atoms with van der Waals surface area (Å²) in [7, 11) is 0. The summed E-state index contributed by atoms with van der Waals surface area (Å²) in [6, 6.07) is 4.06. The zero-order valence-electron chi connectivity index (χ0n) is 12.7. The lowest BCUT2D eigenvalue weighted by Gasteiger charge is -2.22. The average molecular weight is 298 g/mol. The third-order valence-corrected chi connectivity index (χ3v) is 4.42. The van der Waals surface area contributed by atoms with Crippen LogP contribution in [0.4, 0.5) is 0 Å². The van der Waals surface area contributed by atoms with Crippen molar-refractivity contribution in [3.8, 4) is 0 Å². The van der Waals surface area contributed by atoms with Crippen LogP contribution in [-0.2, 0) is 24.2 Å². The summed E-state index contributed by atoms with van der Waals surface area (Å²) in [6.45, 7) is 3.50. The van der Waals surface area contributed by atoms with Crippen LogP contribution in [-0.4, -0.2) is 27.9 Å². The number of rotatable bonds is 6. The van der Waals surface area contributed by atoms with Gasteiger partial charge in [0.25, 0.3) is 0 Å². The molecule has 1 aliphatic carbocycles. The van der Waals surface area contributed by atoms with E-state index in [1.54, 1.807) is 0 Å². The number of hydrogen-bond donors (Lipinski definition) is 1. The van der Waals surface area contributed by atoms with Crippen LogP contribution >= 0.6 is 0 Å². The van der Waals surface area contributed by atoms with Crippen molar-refractivity contribution >= 4 is 0 Å². The van der Waals surface area contributed by atoms with Crippen LogP contribution in [0.3, 0.4) is 0 Å². The molecule has 1 aliphatic heterocycles. The van der Waals surface area contributed by atoms with Gasteiger partial charge in [-0.2, -0.15) is 5.10 Å². The topological polar surface area (TPSA) is 52.0 Å². The van der Waals surface area contributed by atoms with Crippen molar-refractivity contribution in [2.24, 2.45) is 5.92 Å². The maximum Gasteiger partial charge on any atom is 0.114 e. The molecule has 116 valence electrons. The van der Waals surface area contributed by atoms with Crippen molar-refractivity contribution in [3.63, 3.8) is 0 Å². The van der Waals surface area contributed by atoms with E-state index in [-0.39, 0.29) is 6.10 Å². The number of ether oxygens (including phenoxy) is 1. The molecule has 3 heterocycles. The highest BCUT2D eigenvalue weighted by molar-refractivity contribution is 5.22. The standard InChI is InChI=1S/C17H22N4O/c1-2-14(1)11-21-12-15-5-8-22-16(17(15)20-21)10-19-9-13-3-6-18-7-4-13/h3-4,6-7,12,14,16,19H,1-2,5,8-11H2. The summed E-state index contributed by atoms with van der Waals surface area (Å²) >= 11 is 0. The van der Waals surface area contributed by atoms with Gasteiger partial charge in [0.15, 0.2) is 0 Å². The normalized spacial score (nSPS) is 20.8. The van der Waals surface area contributed by atoms with Gasteiger partial charge in [-0.15, -0.1) is 0 Å². The van der Waals surface area contributed by atoms with E-state index in [1.165, 1.54) is 24.0 Å². The van der Waals surface area contributed by atoms with Gasteiger partial charge in [0.1, 0.15) is 6.10 Å². The number of nitrogens with one attached hydrogen (secondary N) is 1. The Bertz CT molecular complexity index is 621. The number of pyridine rings is 1. The Morgan fingerprint density at radius 1 is 1.27 bits per heavy atom. The van der Waals surface area contributed by atoms with Crippen LogP contribution in [0.5, 0.6) is 0 Å². The van der Waals surface area contributed by atoms with Crippen molar-refractivity contribution in [1.29, 1.82) is 0 Å². The molecule has 1 atom stereocenters. The minimum Gasteiger partial charge on any atom is -0.370 e. The maximum atomic E-state index is 5.93. The van der Waals surface area contributed by atoms with E-state index in [9.17, 15) is 0 Å². The zero-order valence-corrected chi connectivity index (χ0v) is 12.7. The second-order valence-electron chi connectivity index (χ2n) is 6.30. The predicted octanol–water partition coefficient (Wildman–Crippen LogP) is 2.09. The van der Waals surface area contributed by atoms with Crippen molar-refractivity contribution in [2.45, 2.75) is 38.5 Å².